The van der Waals surface area contributed by atoms with Gasteiger partial charge in [0.25, 0.3) is 0 Å². The number of ketones is 1. The molecule has 0 fully saturated rings. The van der Waals surface area contributed by atoms with Gasteiger partial charge in [-0.25, -0.2) is 17.8 Å². The molecule has 2 N–H and O–H groups in total. The van der Waals surface area contributed by atoms with Crippen molar-refractivity contribution in [2.24, 2.45) is 0 Å². The first-order valence-corrected chi connectivity index (χ1v) is 8.26. The molecule has 128 valence electrons. The predicted molar refractivity (Wildman–Crippen MR) is 81.9 cm³/mol. The van der Waals surface area contributed by atoms with Crippen molar-refractivity contribution in [1.29, 1.82) is 0 Å². The van der Waals surface area contributed by atoms with Crippen LogP contribution in [0.2, 0.25) is 0 Å². The Bertz CT molecular complexity index is 1040. The minimum absolute atomic E-state index is 0.0870. The van der Waals surface area contributed by atoms with Crippen molar-refractivity contribution in [2.75, 3.05) is 0 Å². The highest BCUT2D eigenvalue weighted by Gasteiger charge is 2.23. The number of furan rings is 1. The maximum absolute atomic E-state index is 12.9. The quantitative estimate of drug-likeness (QED) is 0.308. The van der Waals surface area contributed by atoms with Crippen molar-refractivity contribution in [3.63, 3.8) is 0 Å². The second-order valence-corrected chi connectivity index (χ2v) is 6.71. The van der Waals surface area contributed by atoms with E-state index in [2.05, 4.69) is 15.2 Å². The summed E-state index contributed by atoms with van der Waals surface area (Å²) in [5.74, 6) is -1.86. The maximum atomic E-state index is 12.9. The van der Waals surface area contributed by atoms with E-state index in [0.29, 0.717) is 0 Å². The van der Waals surface area contributed by atoms with Crippen LogP contribution in [0.25, 0.3) is 5.76 Å². The molecular formula is C15H10FN3O5S. The van der Waals surface area contributed by atoms with E-state index in [1.165, 1.54) is 6.33 Å². The Hall–Kier alpha value is -3.27. The predicted octanol–water partition coefficient (Wildman–Crippen LogP) is 2.15. The molecule has 8 nitrogen and oxygen atoms in total. The zero-order valence-corrected chi connectivity index (χ0v) is 13.2. The van der Waals surface area contributed by atoms with Crippen LogP contribution < -0.4 is 0 Å². The SMILES string of the molecule is O=C(C=C(O)c1nc[nH]n1)c1coc(S(=O)(=O)c2ccc(F)cc2)c1. The molecule has 0 aliphatic heterocycles. The second kappa shape index (κ2) is 6.32. The number of aliphatic hydroxyl groups is 1. The molecule has 25 heavy (non-hydrogen) atoms. The molecular weight excluding hydrogens is 353 g/mol. The highest BCUT2D eigenvalue weighted by molar-refractivity contribution is 7.91. The summed E-state index contributed by atoms with van der Waals surface area (Å²) < 4.78 is 42.6. The van der Waals surface area contributed by atoms with Gasteiger partial charge in [-0.3, -0.25) is 9.89 Å². The fourth-order valence-corrected chi connectivity index (χ4v) is 3.10. The van der Waals surface area contributed by atoms with Gasteiger partial charge in [0.15, 0.2) is 11.5 Å². The number of carbonyl (C=O) groups is 1. The average Bonchev–Trinajstić information content (AvgIpc) is 3.27. The standard InChI is InChI=1S/C15H10FN3O5S/c16-10-1-3-11(4-2-10)25(22,23)14-5-9(7-24-14)12(20)6-13(21)15-17-8-18-19-15/h1-8,21H,(H,17,18,19). The van der Waals surface area contributed by atoms with Crippen LogP contribution in [0.1, 0.15) is 16.2 Å². The monoisotopic (exact) mass is 363 g/mol. The minimum Gasteiger partial charge on any atom is -0.504 e. The topological polar surface area (TPSA) is 126 Å². The number of benzene rings is 1. The first kappa shape index (κ1) is 16.6. The van der Waals surface area contributed by atoms with E-state index < -0.39 is 32.3 Å². The third-order valence-corrected chi connectivity index (χ3v) is 4.80. The molecule has 0 atom stereocenters. The molecule has 2 heterocycles. The lowest BCUT2D eigenvalue weighted by Gasteiger charge is -2.00. The minimum atomic E-state index is -4.04. The van der Waals surface area contributed by atoms with Gasteiger partial charge in [-0.1, -0.05) is 0 Å². The highest BCUT2D eigenvalue weighted by Crippen LogP contribution is 2.23. The van der Waals surface area contributed by atoms with Gasteiger partial charge in [0.1, 0.15) is 18.4 Å². The number of allylic oxidation sites excluding steroid dienone is 1. The number of halogens is 1. The molecule has 0 saturated heterocycles. The molecule has 1 aromatic carbocycles. The number of nitrogens with zero attached hydrogens (tertiary/aromatic N) is 2. The summed E-state index contributed by atoms with van der Waals surface area (Å²) in [6.45, 7) is 0. The zero-order chi connectivity index (χ0) is 18.0. The van der Waals surface area contributed by atoms with Crippen LogP contribution in [0.5, 0.6) is 0 Å². The number of H-pyrrole nitrogens is 1. The number of carbonyl (C=O) groups excluding carboxylic acids is 1. The van der Waals surface area contributed by atoms with E-state index in [-0.39, 0.29) is 16.3 Å². The molecule has 3 rings (SSSR count). The summed E-state index contributed by atoms with van der Waals surface area (Å²) in [4.78, 5) is 15.6. The Morgan fingerprint density at radius 2 is 2.00 bits per heavy atom. The van der Waals surface area contributed by atoms with E-state index >= 15 is 0 Å². The first-order chi connectivity index (χ1) is 11.9. The molecule has 0 aliphatic rings. The lowest BCUT2D eigenvalue weighted by molar-refractivity contribution is 0.104. The summed E-state index contributed by atoms with van der Waals surface area (Å²) >= 11 is 0. The molecule has 0 radical (unpaired) electrons. The third kappa shape index (κ3) is 3.33. The van der Waals surface area contributed by atoms with Crippen LogP contribution in [0.4, 0.5) is 4.39 Å². The van der Waals surface area contributed by atoms with Gasteiger partial charge < -0.3 is 9.52 Å². The normalized spacial score (nSPS) is 12.3. The van der Waals surface area contributed by atoms with Gasteiger partial charge in [-0.15, -0.1) is 0 Å². The lowest BCUT2D eigenvalue weighted by Crippen LogP contribution is -2.01. The summed E-state index contributed by atoms with van der Waals surface area (Å²) in [7, 11) is -4.04. The largest absolute Gasteiger partial charge is 0.504 e. The number of hydrogen-bond donors (Lipinski definition) is 2. The Kier molecular flexibility index (Phi) is 4.19. The van der Waals surface area contributed by atoms with Crippen molar-refractivity contribution < 1.29 is 27.1 Å². The van der Waals surface area contributed by atoms with Crippen LogP contribution in [0, 0.1) is 5.82 Å². The zero-order valence-electron chi connectivity index (χ0n) is 12.4. The van der Waals surface area contributed by atoms with Crippen LogP contribution in [-0.4, -0.2) is 34.5 Å². The van der Waals surface area contributed by atoms with Crippen LogP contribution in [0.3, 0.4) is 0 Å². The Morgan fingerprint density at radius 3 is 2.64 bits per heavy atom. The molecule has 0 spiro atoms. The average molecular weight is 363 g/mol. The highest BCUT2D eigenvalue weighted by atomic mass is 32.2. The fraction of sp³-hybridized carbons (Fsp3) is 0. The summed E-state index contributed by atoms with van der Waals surface area (Å²) in [6.07, 6.45) is 3.00. The smallest absolute Gasteiger partial charge is 0.239 e. The van der Waals surface area contributed by atoms with Gasteiger partial charge in [0.2, 0.25) is 20.8 Å². The van der Waals surface area contributed by atoms with Crippen molar-refractivity contribution in [3.8, 4) is 0 Å². The number of rotatable bonds is 5. The first-order valence-electron chi connectivity index (χ1n) is 6.78. The van der Waals surface area contributed by atoms with Crippen molar-refractivity contribution in [2.45, 2.75) is 9.99 Å². The third-order valence-electron chi connectivity index (χ3n) is 3.16. The molecule has 0 unspecified atom stereocenters. The van der Waals surface area contributed by atoms with E-state index in [1.54, 1.807) is 0 Å². The van der Waals surface area contributed by atoms with Crippen LogP contribution in [-0.2, 0) is 9.84 Å². The molecule has 10 heteroatoms. The van der Waals surface area contributed by atoms with Gasteiger partial charge in [0, 0.05) is 12.1 Å². The van der Waals surface area contributed by atoms with E-state index in [4.69, 9.17) is 4.42 Å². The van der Waals surface area contributed by atoms with Gasteiger partial charge >= 0.3 is 0 Å². The Balaban J connectivity index is 1.88. The molecule has 0 amide bonds. The van der Waals surface area contributed by atoms with E-state index in [0.717, 1.165) is 42.7 Å². The molecule has 0 saturated carbocycles. The maximum Gasteiger partial charge on any atom is 0.239 e. The van der Waals surface area contributed by atoms with Crippen molar-refractivity contribution in [3.05, 3.63) is 66.2 Å². The summed E-state index contributed by atoms with van der Waals surface area (Å²) in [5, 5.41) is 15.2. The van der Waals surface area contributed by atoms with Gasteiger partial charge in [-0.05, 0) is 24.3 Å². The molecule has 0 bridgehead atoms. The van der Waals surface area contributed by atoms with Gasteiger partial charge in [0.05, 0.1) is 10.5 Å². The van der Waals surface area contributed by atoms with Crippen molar-refractivity contribution >= 4 is 21.4 Å². The molecule has 2 aromatic heterocycles. The number of aliphatic hydroxyl groups excluding tert-OH is 1. The van der Waals surface area contributed by atoms with E-state index in [1.807, 2.05) is 0 Å². The summed E-state index contributed by atoms with van der Waals surface area (Å²) in [6, 6.07) is 5.19. The Morgan fingerprint density at radius 1 is 1.28 bits per heavy atom. The second-order valence-electron chi connectivity index (χ2n) is 4.83. The lowest BCUT2D eigenvalue weighted by atomic mass is 10.2. The molecule has 0 aliphatic carbocycles. The number of nitrogens with one attached hydrogen (secondary N) is 1. The van der Waals surface area contributed by atoms with Crippen LogP contribution >= 0.6 is 0 Å². The molecule has 3 aromatic rings. The summed E-state index contributed by atoms with van der Waals surface area (Å²) in [5.41, 5.74) is -0.0947. The number of aromatic amines is 1. The van der Waals surface area contributed by atoms with Crippen molar-refractivity contribution in [1.82, 2.24) is 15.2 Å². The number of sulfone groups is 1. The van der Waals surface area contributed by atoms with Crippen LogP contribution in [0.15, 0.2) is 63.4 Å². The number of aromatic nitrogens is 3. The van der Waals surface area contributed by atoms with Gasteiger partial charge in [-0.2, -0.15) is 5.10 Å². The number of hydrogen-bond acceptors (Lipinski definition) is 7. The fourth-order valence-electron chi connectivity index (χ4n) is 1.92. The van der Waals surface area contributed by atoms with E-state index in [9.17, 15) is 22.7 Å². The Labute approximate surface area is 140 Å².